The standard InChI is InChI=1S/C10H15I/c1-8(2)10(11)9-6-4-3-5-7-9/h3-4,6,8,10H,5,7H2,1-2H3. The predicted molar refractivity (Wildman–Crippen MR) is 59.1 cm³/mol. The second-order valence-electron chi connectivity index (χ2n) is 3.35. The quantitative estimate of drug-likeness (QED) is 0.525. The van der Waals surface area contributed by atoms with Crippen LogP contribution in [-0.2, 0) is 0 Å². The highest BCUT2D eigenvalue weighted by molar-refractivity contribution is 14.1. The van der Waals surface area contributed by atoms with Crippen LogP contribution in [0.25, 0.3) is 0 Å². The predicted octanol–water partition coefficient (Wildman–Crippen LogP) is 3.72. The van der Waals surface area contributed by atoms with Crippen LogP contribution >= 0.6 is 22.6 Å². The van der Waals surface area contributed by atoms with Crippen molar-refractivity contribution in [1.29, 1.82) is 0 Å². The van der Waals surface area contributed by atoms with Gasteiger partial charge in [-0.2, -0.15) is 0 Å². The monoisotopic (exact) mass is 262 g/mol. The van der Waals surface area contributed by atoms with Crippen molar-refractivity contribution >= 4 is 22.6 Å². The molecule has 0 fully saturated rings. The van der Waals surface area contributed by atoms with Crippen LogP contribution in [-0.4, -0.2) is 3.92 Å². The molecular formula is C10H15I. The van der Waals surface area contributed by atoms with Gasteiger partial charge in [0.25, 0.3) is 0 Å². The molecule has 0 N–H and O–H groups in total. The lowest BCUT2D eigenvalue weighted by molar-refractivity contribution is 0.656. The van der Waals surface area contributed by atoms with E-state index in [0.29, 0.717) is 0 Å². The van der Waals surface area contributed by atoms with Gasteiger partial charge in [-0.3, -0.25) is 0 Å². The van der Waals surface area contributed by atoms with Crippen molar-refractivity contribution in [2.45, 2.75) is 30.6 Å². The average molecular weight is 262 g/mol. The molecule has 1 aliphatic carbocycles. The summed E-state index contributed by atoms with van der Waals surface area (Å²) in [5.74, 6) is 0.772. The molecule has 0 aromatic heterocycles. The summed E-state index contributed by atoms with van der Waals surface area (Å²) < 4.78 is 0.734. The maximum atomic E-state index is 2.55. The first-order valence-electron chi connectivity index (χ1n) is 4.21. The zero-order chi connectivity index (χ0) is 8.27. The summed E-state index contributed by atoms with van der Waals surface area (Å²) in [6.45, 7) is 4.58. The molecular weight excluding hydrogens is 247 g/mol. The van der Waals surface area contributed by atoms with Crippen LogP contribution in [0.15, 0.2) is 23.8 Å². The van der Waals surface area contributed by atoms with E-state index < -0.39 is 0 Å². The Morgan fingerprint density at radius 2 is 2.18 bits per heavy atom. The molecule has 62 valence electrons. The molecule has 1 rings (SSSR count). The van der Waals surface area contributed by atoms with Gasteiger partial charge >= 0.3 is 0 Å². The Bertz CT molecular complexity index is 177. The van der Waals surface area contributed by atoms with Crippen LogP contribution < -0.4 is 0 Å². The highest BCUT2D eigenvalue weighted by Crippen LogP contribution is 2.26. The van der Waals surface area contributed by atoms with E-state index in [2.05, 4.69) is 54.7 Å². The zero-order valence-corrected chi connectivity index (χ0v) is 9.34. The Hall–Kier alpha value is 0.210. The van der Waals surface area contributed by atoms with Crippen LogP contribution in [0.4, 0.5) is 0 Å². The third-order valence-corrected chi connectivity index (χ3v) is 4.22. The van der Waals surface area contributed by atoms with Gasteiger partial charge in [0.2, 0.25) is 0 Å². The van der Waals surface area contributed by atoms with Crippen molar-refractivity contribution in [2.24, 2.45) is 5.92 Å². The van der Waals surface area contributed by atoms with Gasteiger partial charge in [-0.05, 0) is 18.8 Å². The van der Waals surface area contributed by atoms with Gasteiger partial charge in [0, 0.05) is 3.92 Å². The van der Waals surface area contributed by atoms with Crippen molar-refractivity contribution in [1.82, 2.24) is 0 Å². The molecule has 1 heteroatoms. The Labute approximate surface area is 82.9 Å². The highest BCUT2D eigenvalue weighted by atomic mass is 127. The molecule has 0 spiro atoms. The Morgan fingerprint density at radius 3 is 2.64 bits per heavy atom. The maximum Gasteiger partial charge on any atom is 0.0344 e. The Morgan fingerprint density at radius 1 is 1.45 bits per heavy atom. The van der Waals surface area contributed by atoms with E-state index in [4.69, 9.17) is 0 Å². The first kappa shape index (κ1) is 9.30. The molecule has 0 nitrogen and oxygen atoms in total. The summed E-state index contributed by atoms with van der Waals surface area (Å²) in [7, 11) is 0. The van der Waals surface area contributed by atoms with Crippen LogP contribution in [0.2, 0.25) is 0 Å². The van der Waals surface area contributed by atoms with E-state index >= 15 is 0 Å². The summed E-state index contributed by atoms with van der Waals surface area (Å²) in [6.07, 6.45) is 9.21. The van der Waals surface area contributed by atoms with Gasteiger partial charge in [0.1, 0.15) is 0 Å². The minimum absolute atomic E-state index is 0.734. The first-order chi connectivity index (χ1) is 5.22. The van der Waals surface area contributed by atoms with Crippen LogP contribution in [0, 0.1) is 5.92 Å². The third kappa shape index (κ3) is 2.62. The summed E-state index contributed by atoms with van der Waals surface area (Å²) in [5.41, 5.74) is 1.61. The molecule has 0 radical (unpaired) electrons. The van der Waals surface area contributed by atoms with E-state index in [0.717, 1.165) is 9.84 Å². The lowest BCUT2D eigenvalue weighted by Gasteiger charge is -2.18. The molecule has 0 amide bonds. The Balaban J connectivity index is 2.58. The average Bonchev–Trinajstić information content (AvgIpc) is 2.05. The van der Waals surface area contributed by atoms with Crippen molar-refractivity contribution in [3.63, 3.8) is 0 Å². The molecule has 0 heterocycles. The van der Waals surface area contributed by atoms with Gasteiger partial charge in [0.15, 0.2) is 0 Å². The molecule has 0 saturated heterocycles. The lowest BCUT2D eigenvalue weighted by atomic mass is 9.96. The van der Waals surface area contributed by atoms with E-state index in [1.165, 1.54) is 12.8 Å². The largest absolute Gasteiger partial charge is 0.0842 e. The number of halogens is 1. The van der Waals surface area contributed by atoms with Gasteiger partial charge in [-0.1, -0.05) is 60.2 Å². The minimum atomic E-state index is 0.734. The fourth-order valence-corrected chi connectivity index (χ4v) is 1.80. The van der Waals surface area contributed by atoms with Gasteiger partial charge in [-0.15, -0.1) is 0 Å². The van der Waals surface area contributed by atoms with E-state index in [-0.39, 0.29) is 0 Å². The first-order valence-corrected chi connectivity index (χ1v) is 5.46. The van der Waals surface area contributed by atoms with E-state index in [1.807, 2.05) is 0 Å². The van der Waals surface area contributed by atoms with Crippen LogP contribution in [0.5, 0.6) is 0 Å². The molecule has 1 aliphatic rings. The third-order valence-electron chi connectivity index (χ3n) is 1.99. The molecule has 1 atom stereocenters. The molecule has 0 bridgehead atoms. The molecule has 0 aliphatic heterocycles. The van der Waals surface area contributed by atoms with Gasteiger partial charge in [-0.25, -0.2) is 0 Å². The van der Waals surface area contributed by atoms with Crippen molar-refractivity contribution in [2.75, 3.05) is 0 Å². The highest BCUT2D eigenvalue weighted by Gasteiger charge is 2.14. The summed E-state index contributed by atoms with van der Waals surface area (Å²) in [5, 5.41) is 0. The van der Waals surface area contributed by atoms with Crippen molar-refractivity contribution in [3.8, 4) is 0 Å². The summed E-state index contributed by atoms with van der Waals surface area (Å²) in [4.78, 5) is 0. The minimum Gasteiger partial charge on any atom is -0.0842 e. The maximum absolute atomic E-state index is 2.55. The molecule has 0 aromatic carbocycles. The summed E-state index contributed by atoms with van der Waals surface area (Å²) in [6, 6.07) is 0. The smallest absolute Gasteiger partial charge is 0.0344 e. The topological polar surface area (TPSA) is 0 Å². The van der Waals surface area contributed by atoms with Gasteiger partial charge in [0.05, 0.1) is 0 Å². The summed E-state index contributed by atoms with van der Waals surface area (Å²) >= 11 is 2.55. The zero-order valence-electron chi connectivity index (χ0n) is 7.18. The number of rotatable bonds is 2. The fraction of sp³-hybridized carbons (Fsp3) is 0.600. The van der Waals surface area contributed by atoms with E-state index in [1.54, 1.807) is 5.57 Å². The van der Waals surface area contributed by atoms with Crippen LogP contribution in [0.1, 0.15) is 26.7 Å². The second-order valence-corrected chi connectivity index (χ2v) is 4.70. The lowest BCUT2D eigenvalue weighted by Crippen LogP contribution is -2.11. The number of alkyl halides is 1. The normalized spacial score (nSPS) is 20.2. The molecule has 1 unspecified atom stereocenters. The molecule has 0 aromatic rings. The van der Waals surface area contributed by atoms with Crippen LogP contribution in [0.3, 0.4) is 0 Å². The van der Waals surface area contributed by atoms with E-state index in [9.17, 15) is 0 Å². The molecule has 11 heavy (non-hydrogen) atoms. The Kier molecular flexibility index (Phi) is 3.63. The molecule has 0 saturated carbocycles. The van der Waals surface area contributed by atoms with Crippen molar-refractivity contribution < 1.29 is 0 Å². The fourth-order valence-electron chi connectivity index (χ4n) is 1.28. The number of hydrogen-bond acceptors (Lipinski definition) is 0. The van der Waals surface area contributed by atoms with Gasteiger partial charge < -0.3 is 0 Å². The SMILES string of the molecule is CC(C)C(I)C1=CC=CCC1. The van der Waals surface area contributed by atoms with Crippen molar-refractivity contribution in [3.05, 3.63) is 23.8 Å². The number of hydrogen-bond donors (Lipinski definition) is 0. The second kappa shape index (κ2) is 4.29. The number of allylic oxidation sites excluding steroid dienone is 4.